The predicted octanol–water partition coefficient (Wildman–Crippen LogP) is 7.04. The van der Waals surface area contributed by atoms with Crippen molar-refractivity contribution in [2.45, 2.75) is 34.9 Å². The number of benzene rings is 3. The minimum Gasteiger partial charge on any atom is -0.325 e. The van der Waals surface area contributed by atoms with Crippen LogP contribution in [0.1, 0.15) is 11.1 Å². The van der Waals surface area contributed by atoms with Gasteiger partial charge in [0.15, 0.2) is 0 Å². The third-order valence-electron chi connectivity index (χ3n) is 5.92. The Morgan fingerprint density at radius 1 is 0.889 bits per heavy atom. The second kappa shape index (κ2) is 10.7. The van der Waals surface area contributed by atoms with E-state index in [4.69, 9.17) is 0 Å². The van der Waals surface area contributed by atoms with E-state index in [0.717, 1.165) is 32.3 Å². The van der Waals surface area contributed by atoms with E-state index in [1.807, 2.05) is 85.5 Å². The van der Waals surface area contributed by atoms with Gasteiger partial charge in [0, 0.05) is 21.2 Å². The van der Waals surface area contributed by atoms with Gasteiger partial charge in [0.2, 0.25) is 5.91 Å². The second-order valence-electron chi connectivity index (χ2n) is 8.85. The molecule has 2 unspecified atom stereocenters. The highest BCUT2D eigenvalue weighted by molar-refractivity contribution is 8.00. The zero-order chi connectivity index (χ0) is 25.1. The fraction of sp³-hybridized carbons (Fsp3) is 0.172. The van der Waals surface area contributed by atoms with Crippen molar-refractivity contribution in [1.82, 2.24) is 0 Å². The van der Waals surface area contributed by atoms with Crippen molar-refractivity contribution in [3.63, 3.8) is 0 Å². The van der Waals surface area contributed by atoms with Crippen molar-refractivity contribution in [2.75, 3.05) is 21.3 Å². The maximum atomic E-state index is 13.5. The molecular weight excluding hydrogens is 486 g/mol. The number of hydrogen-bond donors (Lipinski definition) is 2. The molecule has 0 spiro atoms. The molecular formula is C29H27N3O2S2. The molecule has 0 saturated carbocycles. The third kappa shape index (κ3) is 5.53. The zero-order valence-corrected chi connectivity index (χ0v) is 21.7. The number of nitrogens with zero attached hydrogens (tertiary/aromatic N) is 1. The largest absolute Gasteiger partial charge is 0.326 e. The molecule has 0 fully saturated rings. The molecule has 0 bridgehead atoms. The Hall–Kier alpha value is -3.42. The van der Waals surface area contributed by atoms with Crippen LogP contribution in [0.15, 0.2) is 101 Å². The van der Waals surface area contributed by atoms with Crippen molar-refractivity contribution in [2.24, 2.45) is 0 Å². The lowest BCUT2D eigenvalue weighted by molar-refractivity contribution is -0.113. The van der Waals surface area contributed by atoms with Crippen LogP contribution in [0.3, 0.4) is 0 Å². The van der Waals surface area contributed by atoms with Gasteiger partial charge in [0.1, 0.15) is 0 Å². The summed E-state index contributed by atoms with van der Waals surface area (Å²) in [6.45, 7) is 4.03. The quantitative estimate of drug-likeness (QED) is 0.359. The summed E-state index contributed by atoms with van der Waals surface area (Å²) >= 11 is 3.22. The molecule has 0 saturated heterocycles. The second-order valence-corrected chi connectivity index (χ2v) is 11.1. The van der Waals surface area contributed by atoms with Gasteiger partial charge >= 0.3 is 6.03 Å². The normalized spacial score (nSPS) is 17.8. The minimum atomic E-state index is -0.174. The van der Waals surface area contributed by atoms with Gasteiger partial charge in [-0.15, -0.1) is 23.5 Å². The highest BCUT2D eigenvalue weighted by Crippen LogP contribution is 2.43. The summed E-state index contributed by atoms with van der Waals surface area (Å²) in [6, 6.07) is 21.4. The lowest BCUT2D eigenvalue weighted by Crippen LogP contribution is -2.49. The first-order valence-corrected chi connectivity index (χ1v) is 13.6. The molecule has 1 aliphatic heterocycles. The number of rotatable bonds is 5. The first kappa shape index (κ1) is 24.3. The van der Waals surface area contributed by atoms with Crippen LogP contribution in [0, 0.1) is 13.8 Å². The summed E-state index contributed by atoms with van der Waals surface area (Å²) in [5.41, 5.74) is 4.64. The van der Waals surface area contributed by atoms with Crippen LogP contribution in [0.25, 0.3) is 0 Å². The Kier molecular flexibility index (Phi) is 7.20. The van der Waals surface area contributed by atoms with Gasteiger partial charge in [0.25, 0.3) is 0 Å². The maximum absolute atomic E-state index is 13.5. The monoisotopic (exact) mass is 513 g/mol. The van der Waals surface area contributed by atoms with E-state index in [9.17, 15) is 9.59 Å². The molecule has 5 nitrogen and oxygen atoms in total. The van der Waals surface area contributed by atoms with Gasteiger partial charge in [-0.05, 0) is 67.4 Å². The topological polar surface area (TPSA) is 61.4 Å². The smallest absolute Gasteiger partial charge is 0.325 e. The molecule has 3 aromatic rings. The van der Waals surface area contributed by atoms with Gasteiger partial charge in [-0.1, -0.05) is 48.6 Å². The highest BCUT2D eigenvalue weighted by Gasteiger charge is 2.36. The molecule has 2 atom stereocenters. The van der Waals surface area contributed by atoms with E-state index in [1.54, 1.807) is 11.8 Å². The molecule has 3 aromatic carbocycles. The molecule has 2 N–H and O–H groups in total. The van der Waals surface area contributed by atoms with Crippen LogP contribution in [-0.4, -0.2) is 29.0 Å². The van der Waals surface area contributed by atoms with Crippen molar-refractivity contribution < 1.29 is 9.59 Å². The van der Waals surface area contributed by atoms with Crippen LogP contribution < -0.4 is 15.5 Å². The van der Waals surface area contributed by atoms with E-state index in [0.29, 0.717) is 5.69 Å². The van der Waals surface area contributed by atoms with E-state index < -0.39 is 0 Å². The predicted molar refractivity (Wildman–Crippen MR) is 151 cm³/mol. The Morgan fingerprint density at radius 3 is 2.50 bits per heavy atom. The van der Waals surface area contributed by atoms with Gasteiger partial charge in [-0.2, -0.15) is 0 Å². The Balaban J connectivity index is 1.26. The first-order valence-electron chi connectivity index (χ1n) is 11.8. The number of hydrogen-bond acceptors (Lipinski definition) is 4. The summed E-state index contributed by atoms with van der Waals surface area (Å²) in [7, 11) is 0. The molecule has 182 valence electrons. The minimum absolute atomic E-state index is 0.0542. The number of allylic oxidation sites excluding steroid dienone is 2. The molecule has 2 aliphatic rings. The lowest BCUT2D eigenvalue weighted by atomic mass is 10.1. The van der Waals surface area contributed by atoms with Crippen molar-refractivity contribution in [1.29, 1.82) is 0 Å². The number of anilines is 3. The Morgan fingerprint density at radius 2 is 1.67 bits per heavy atom. The number of fused-ring (bicyclic) bond motifs is 2. The SMILES string of the molecule is Cc1cc(C)cc(NC(=O)CSc2cccc(NC(=O)N3c4ccccc4SC4C=CC=CC43)c2)c1. The Labute approximate surface area is 220 Å². The molecule has 36 heavy (non-hydrogen) atoms. The number of carbonyl (C=O) groups is 2. The summed E-state index contributed by atoms with van der Waals surface area (Å²) in [4.78, 5) is 29.8. The number of amides is 3. The van der Waals surface area contributed by atoms with Crippen molar-refractivity contribution in [3.05, 3.63) is 102 Å². The van der Waals surface area contributed by atoms with Gasteiger partial charge < -0.3 is 10.6 Å². The van der Waals surface area contributed by atoms with Gasteiger partial charge in [-0.3, -0.25) is 9.69 Å². The number of nitrogens with one attached hydrogen (secondary N) is 2. The van der Waals surface area contributed by atoms with Crippen LogP contribution >= 0.6 is 23.5 Å². The summed E-state index contributed by atoms with van der Waals surface area (Å²) in [6.07, 6.45) is 8.26. The van der Waals surface area contributed by atoms with Crippen LogP contribution in [0.5, 0.6) is 0 Å². The number of urea groups is 1. The molecule has 3 amide bonds. The number of aryl methyl sites for hydroxylation is 2. The van der Waals surface area contributed by atoms with E-state index in [-0.39, 0.29) is 29.0 Å². The van der Waals surface area contributed by atoms with Crippen LogP contribution in [0.2, 0.25) is 0 Å². The molecule has 0 radical (unpaired) electrons. The molecule has 1 heterocycles. The third-order valence-corrected chi connectivity index (χ3v) is 8.22. The maximum Gasteiger partial charge on any atom is 0.326 e. The Bertz CT molecular complexity index is 1350. The fourth-order valence-corrected chi connectivity index (χ4v) is 6.48. The number of carbonyl (C=O) groups excluding carboxylic acids is 2. The fourth-order valence-electron chi connectivity index (χ4n) is 4.46. The van der Waals surface area contributed by atoms with Gasteiger partial charge in [0.05, 0.1) is 22.7 Å². The van der Waals surface area contributed by atoms with Crippen LogP contribution in [0.4, 0.5) is 21.9 Å². The summed E-state index contributed by atoms with van der Waals surface area (Å²) in [5, 5.41) is 6.22. The highest BCUT2D eigenvalue weighted by atomic mass is 32.2. The van der Waals surface area contributed by atoms with E-state index in [1.165, 1.54) is 11.8 Å². The molecule has 1 aliphatic carbocycles. The van der Waals surface area contributed by atoms with E-state index in [2.05, 4.69) is 34.9 Å². The summed E-state index contributed by atoms with van der Waals surface area (Å²) < 4.78 is 0. The van der Waals surface area contributed by atoms with Gasteiger partial charge in [-0.25, -0.2) is 4.79 Å². The summed E-state index contributed by atoms with van der Waals surface area (Å²) in [5.74, 6) is 0.215. The average molecular weight is 514 g/mol. The molecule has 7 heteroatoms. The van der Waals surface area contributed by atoms with E-state index >= 15 is 0 Å². The average Bonchev–Trinajstić information content (AvgIpc) is 2.85. The number of thioether (sulfide) groups is 2. The zero-order valence-electron chi connectivity index (χ0n) is 20.1. The first-order chi connectivity index (χ1) is 17.5. The lowest BCUT2D eigenvalue weighted by Gasteiger charge is -2.40. The molecule has 0 aromatic heterocycles. The standard InChI is InChI=1S/C29H27N3O2S2/c1-19-14-20(2)16-22(15-19)30-28(33)18-35-23-9-7-8-21(17-23)31-29(34)32-24-10-3-5-12-26(24)36-27-13-6-4-11-25(27)32/h3-17,24,26H,18H2,1-2H3,(H,30,33)(H,31,34). The van der Waals surface area contributed by atoms with Crippen LogP contribution in [-0.2, 0) is 4.79 Å². The molecule has 5 rings (SSSR count). The van der Waals surface area contributed by atoms with Crippen molar-refractivity contribution in [3.8, 4) is 0 Å². The number of para-hydroxylation sites is 1. The van der Waals surface area contributed by atoms with Crippen molar-refractivity contribution >= 4 is 52.5 Å².